The predicted molar refractivity (Wildman–Crippen MR) is 110 cm³/mol. The Morgan fingerprint density at radius 3 is 2.25 bits per heavy atom. The summed E-state index contributed by atoms with van der Waals surface area (Å²) < 4.78 is 1.72. The maximum atomic E-state index is 12.6. The van der Waals surface area contributed by atoms with Crippen molar-refractivity contribution in [2.75, 3.05) is 0 Å². The fraction of sp³-hybridized carbons (Fsp3) is 0.364. The largest absolute Gasteiger partial charge is 0.349 e. The van der Waals surface area contributed by atoms with Crippen molar-refractivity contribution in [1.82, 2.24) is 25.1 Å². The number of carbonyl (C=O) groups excluding carboxylic acids is 1. The number of hydrogen-bond donors (Lipinski definition) is 1. The Morgan fingerprint density at radius 1 is 1.04 bits per heavy atom. The Bertz CT molecular complexity index is 984. The average Bonchev–Trinajstić information content (AvgIpc) is 2.89. The molecule has 0 aliphatic rings. The van der Waals surface area contributed by atoms with Crippen molar-refractivity contribution in [3.63, 3.8) is 0 Å². The topological polar surface area (TPSA) is 72.7 Å². The highest BCUT2D eigenvalue weighted by Crippen LogP contribution is 2.18. The van der Waals surface area contributed by atoms with E-state index in [-0.39, 0.29) is 18.4 Å². The molecule has 1 unspecified atom stereocenters. The molecule has 3 rings (SSSR count). The van der Waals surface area contributed by atoms with Crippen LogP contribution in [0, 0.1) is 34.6 Å². The van der Waals surface area contributed by atoms with E-state index in [1.807, 2.05) is 52.8 Å². The minimum absolute atomic E-state index is 0.0276. The van der Waals surface area contributed by atoms with E-state index in [1.165, 1.54) is 5.56 Å². The second-order valence-electron chi connectivity index (χ2n) is 7.39. The fourth-order valence-corrected chi connectivity index (χ4v) is 3.32. The van der Waals surface area contributed by atoms with Gasteiger partial charge in [0.15, 0.2) is 0 Å². The van der Waals surface area contributed by atoms with Crippen LogP contribution in [0.15, 0.2) is 30.3 Å². The van der Waals surface area contributed by atoms with Gasteiger partial charge in [0.05, 0.1) is 18.2 Å². The van der Waals surface area contributed by atoms with Gasteiger partial charge in [-0.1, -0.05) is 29.8 Å². The quantitative estimate of drug-likeness (QED) is 0.737. The van der Waals surface area contributed by atoms with Gasteiger partial charge in [-0.2, -0.15) is 5.10 Å². The highest BCUT2D eigenvalue weighted by Gasteiger charge is 2.19. The number of benzene rings is 1. The second kappa shape index (κ2) is 7.92. The van der Waals surface area contributed by atoms with Crippen LogP contribution < -0.4 is 5.32 Å². The third-order valence-corrected chi connectivity index (χ3v) is 4.89. The van der Waals surface area contributed by atoms with Gasteiger partial charge in [0.2, 0.25) is 5.91 Å². The van der Waals surface area contributed by atoms with Crippen LogP contribution in [-0.4, -0.2) is 25.7 Å². The van der Waals surface area contributed by atoms with Crippen LogP contribution in [0.2, 0.25) is 0 Å². The smallest absolute Gasteiger partial charge is 0.251 e. The summed E-state index contributed by atoms with van der Waals surface area (Å²) in [7, 11) is 0. The average molecular weight is 377 g/mol. The summed E-state index contributed by atoms with van der Waals surface area (Å²) in [6, 6.07) is 10.1. The maximum Gasteiger partial charge on any atom is 0.251 e. The van der Waals surface area contributed by atoms with E-state index in [4.69, 9.17) is 0 Å². The number of aromatic nitrogens is 4. The molecule has 0 bridgehead atoms. The maximum absolute atomic E-state index is 12.6. The predicted octanol–water partition coefficient (Wildman–Crippen LogP) is 3.62. The summed E-state index contributed by atoms with van der Waals surface area (Å²) in [5.74, 6) is 0.512. The lowest BCUT2D eigenvalue weighted by Gasteiger charge is -2.15. The first-order valence-corrected chi connectivity index (χ1v) is 9.48. The summed E-state index contributed by atoms with van der Waals surface area (Å²) in [5.41, 5.74) is 6.69. The number of rotatable bonds is 5. The Balaban J connectivity index is 1.78. The third-order valence-electron chi connectivity index (χ3n) is 4.89. The number of amides is 1. The molecule has 1 aromatic carbocycles. The summed E-state index contributed by atoms with van der Waals surface area (Å²) in [6.07, 6.45) is 0.276. The minimum Gasteiger partial charge on any atom is -0.349 e. The summed E-state index contributed by atoms with van der Waals surface area (Å²) in [4.78, 5) is 21.6. The first-order chi connectivity index (χ1) is 13.2. The zero-order valence-electron chi connectivity index (χ0n) is 17.4. The minimum atomic E-state index is -0.0495. The van der Waals surface area contributed by atoms with Gasteiger partial charge in [0.25, 0.3) is 5.95 Å². The molecule has 3 aromatic rings. The molecular formula is C22H27N5O. The molecule has 28 heavy (non-hydrogen) atoms. The molecule has 1 N–H and O–H groups in total. The third kappa shape index (κ3) is 4.27. The van der Waals surface area contributed by atoms with Gasteiger partial charge < -0.3 is 5.32 Å². The summed E-state index contributed by atoms with van der Waals surface area (Å²) in [5, 5.41) is 7.65. The van der Waals surface area contributed by atoms with E-state index in [9.17, 15) is 4.79 Å². The Kier molecular flexibility index (Phi) is 5.58. The van der Waals surface area contributed by atoms with Crippen LogP contribution in [-0.2, 0) is 11.2 Å². The lowest BCUT2D eigenvalue weighted by atomic mass is 10.1. The lowest BCUT2D eigenvalue weighted by molar-refractivity contribution is -0.121. The number of hydrogen-bond acceptors (Lipinski definition) is 4. The highest BCUT2D eigenvalue weighted by molar-refractivity contribution is 5.79. The molecule has 146 valence electrons. The number of aryl methyl sites for hydroxylation is 4. The zero-order valence-corrected chi connectivity index (χ0v) is 17.4. The molecule has 6 nitrogen and oxygen atoms in total. The van der Waals surface area contributed by atoms with Gasteiger partial charge in [-0.25, -0.2) is 14.6 Å². The Labute approximate surface area is 166 Å². The van der Waals surface area contributed by atoms with E-state index >= 15 is 0 Å². The number of nitrogens with zero attached hydrogens (tertiary/aromatic N) is 4. The van der Waals surface area contributed by atoms with Gasteiger partial charge in [0, 0.05) is 22.6 Å². The summed E-state index contributed by atoms with van der Waals surface area (Å²) >= 11 is 0. The molecule has 0 saturated carbocycles. The van der Waals surface area contributed by atoms with Crippen molar-refractivity contribution in [3.8, 4) is 5.95 Å². The monoisotopic (exact) mass is 377 g/mol. The standard InChI is InChI=1S/C22H27N5O/c1-13-7-9-19(10-8-13)16(4)25-21(28)12-20-17(5)26-27(18(20)6)22-23-14(2)11-15(3)24-22/h7-11,16H,12H2,1-6H3,(H,25,28). The molecule has 2 heterocycles. The van der Waals surface area contributed by atoms with Gasteiger partial charge in [-0.05, 0) is 53.2 Å². The van der Waals surface area contributed by atoms with Crippen molar-refractivity contribution >= 4 is 5.91 Å². The van der Waals surface area contributed by atoms with Crippen LogP contribution in [0.25, 0.3) is 5.95 Å². The first-order valence-electron chi connectivity index (χ1n) is 9.48. The van der Waals surface area contributed by atoms with Crippen molar-refractivity contribution in [1.29, 1.82) is 0 Å². The van der Waals surface area contributed by atoms with Crippen LogP contribution in [0.5, 0.6) is 0 Å². The van der Waals surface area contributed by atoms with E-state index in [0.717, 1.165) is 33.9 Å². The molecule has 0 aliphatic carbocycles. The molecule has 0 radical (unpaired) electrons. The van der Waals surface area contributed by atoms with Gasteiger partial charge >= 0.3 is 0 Å². The van der Waals surface area contributed by atoms with E-state index in [2.05, 4.69) is 39.4 Å². The molecule has 0 saturated heterocycles. The zero-order chi connectivity index (χ0) is 20.4. The van der Waals surface area contributed by atoms with Crippen LogP contribution in [0.1, 0.15) is 52.4 Å². The lowest BCUT2D eigenvalue weighted by Crippen LogP contribution is -2.28. The van der Waals surface area contributed by atoms with Crippen molar-refractivity contribution < 1.29 is 4.79 Å². The molecular weight excluding hydrogens is 350 g/mol. The van der Waals surface area contributed by atoms with Crippen LogP contribution >= 0.6 is 0 Å². The molecule has 0 spiro atoms. The molecule has 0 aliphatic heterocycles. The van der Waals surface area contributed by atoms with Gasteiger partial charge in [-0.3, -0.25) is 4.79 Å². The Morgan fingerprint density at radius 2 is 1.64 bits per heavy atom. The molecule has 1 atom stereocenters. The first kappa shape index (κ1) is 19.7. The number of nitrogens with one attached hydrogen (secondary N) is 1. The highest BCUT2D eigenvalue weighted by atomic mass is 16.1. The molecule has 2 aromatic heterocycles. The van der Waals surface area contributed by atoms with E-state index < -0.39 is 0 Å². The second-order valence-corrected chi connectivity index (χ2v) is 7.39. The fourth-order valence-electron chi connectivity index (χ4n) is 3.32. The summed E-state index contributed by atoms with van der Waals surface area (Å²) in [6.45, 7) is 11.8. The Hall–Kier alpha value is -3.02. The molecule has 1 amide bonds. The van der Waals surface area contributed by atoms with Gasteiger partial charge in [-0.15, -0.1) is 0 Å². The van der Waals surface area contributed by atoms with E-state index in [1.54, 1.807) is 4.68 Å². The van der Waals surface area contributed by atoms with E-state index in [0.29, 0.717) is 5.95 Å². The SMILES string of the molecule is Cc1ccc(C(C)NC(=O)Cc2c(C)nn(-c3nc(C)cc(C)n3)c2C)cc1. The van der Waals surface area contributed by atoms with Crippen LogP contribution in [0.3, 0.4) is 0 Å². The molecule has 0 fully saturated rings. The normalized spacial score (nSPS) is 12.1. The van der Waals surface area contributed by atoms with Crippen molar-refractivity contribution in [2.45, 2.75) is 54.0 Å². The molecule has 6 heteroatoms. The van der Waals surface area contributed by atoms with Crippen LogP contribution in [0.4, 0.5) is 0 Å². The number of carbonyl (C=O) groups is 1. The van der Waals surface area contributed by atoms with Crippen molar-refractivity contribution in [2.24, 2.45) is 0 Å². The van der Waals surface area contributed by atoms with Crippen molar-refractivity contribution in [3.05, 3.63) is 69.8 Å². The van der Waals surface area contributed by atoms with Gasteiger partial charge in [0.1, 0.15) is 0 Å².